The Bertz CT molecular complexity index is 325. The second kappa shape index (κ2) is 3.87. The third-order valence-electron chi connectivity index (χ3n) is 1.21. The van der Waals surface area contributed by atoms with Crippen molar-refractivity contribution in [2.24, 2.45) is 0 Å². The Morgan fingerprint density at radius 2 is 2.54 bits per heavy atom. The van der Waals surface area contributed by atoms with Crippen molar-refractivity contribution >= 4 is 13.5 Å². The molecule has 7 nitrogen and oxygen atoms in total. The molecule has 0 saturated heterocycles. The van der Waals surface area contributed by atoms with Gasteiger partial charge in [-0.25, -0.2) is 9.67 Å². The molecule has 0 aliphatic heterocycles. The topological polar surface area (TPSA) is 103 Å². The molecule has 0 aliphatic carbocycles. The summed E-state index contributed by atoms with van der Waals surface area (Å²) in [5.41, 5.74) is 5.22. The molecule has 0 aromatic carbocycles. The maximum Gasteiger partial charge on any atom is 0.349 e. The largest absolute Gasteiger partial charge is 0.367 e. The van der Waals surface area contributed by atoms with E-state index in [1.165, 1.54) is 11.0 Å². The summed E-state index contributed by atoms with van der Waals surface area (Å²) in [7, 11) is -3.60. The summed E-state index contributed by atoms with van der Waals surface area (Å²) in [5.74, 6) is 0.0662. The summed E-state index contributed by atoms with van der Waals surface area (Å²) >= 11 is 0. The highest BCUT2D eigenvalue weighted by atomic mass is 31.2. The van der Waals surface area contributed by atoms with Crippen molar-refractivity contribution in [1.82, 2.24) is 14.8 Å². The van der Waals surface area contributed by atoms with Gasteiger partial charge in [-0.1, -0.05) is 0 Å². The van der Waals surface area contributed by atoms with Gasteiger partial charge in [-0.2, -0.15) is 0 Å². The second-order valence-corrected chi connectivity index (χ2v) is 4.15. The Morgan fingerprint density at radius 3 is 3.00 bits per heavy atom. The Hall–Kier alpha value is -0.910. The van der Waals surface area contributed by atoms with Gasteiger partial charge >= 0.3 is 7.60 Å². The zero-order valence-electron chi connectivity index (χ0n) is 7.12. The van der Waals surface area contributed by atoms with E-state index >= 15 is 0 Å². The molecule has 0 bridgehead atoms. The first kappa shape index (κ1) is 10.2. The molecule has 1 atom stereocenters. The molecule has 74 valence electrons. The van der Waals surface area contributed by atoms with E-state index in [0.29, 0.717) is 0 Å². The van der Waals surface area contributed by atoms with Crippen molar-refractivity contribution in [3.63, 3.8) is 0 Å². The van der Waals surface area contributed by atoms with Gasteiger partial charge < -0.3 is 15.2 Å². The maximum absolute atomic E-state index is 11.2. The summed E-state index contributed by atoms with van der Waals surface area (Å²) in [6, 6.07) is 0. The molecule has 0 radical (unpaired) electrons. The molecular weight excluding hydrogens is 195 g/mol. The first-order valence-electron chi connectivity index (χ1n) is 3.65. The molecule has 0 spiro atoms. The van der Waals surface area contributed by atoms with Crippen molar-refractivity contribution in [3.05, 3.63) is 6.33 Å². The van der Waals surface area contributed by atoms with Gasteiger partial charge in [0.15, 0.2) is 0 Å². The van der Waals surface area contributed by atoms with Crippen LogP contribution in [0.15, 0.2) is 6.33 Å². The van der Waals surface area contributed by atoms with Crippen LogP contribution in [0.25, 0.3) is 0 Å². The summed E-state index contributed by atoms with van der Waals surface area (Å²) in [6.45, 7) is 1.82. The minimum Gasteiger partial charge on any atom is -0.367 e. The number of nitrogens with two attached hydrogens (primary N) is 1. The first-order chi connectivity index (χ1) is 6.03. The molecule has 0 aliphatic rings. The van der Waals surface area contributed by atoms with Crippen LogP contribution in [0.5, 0.6) is 0 Å². The number of hydrogen-bond acceptors (Lipinski definition) is 5. The van der Waals surface area contributed by atoms with Gasteiger partial charge in [0, 0.05) is 0 Å². The lowest BCUT2D eigenvalue weighted by Crippen LogP contribution is -2.02. The van der Waals surface area contributed by atoms with Gasteiger partial charge in [0.1, 0.15) is 12.6 Å². The predicted molar refractivity (Wildman–Crippen MR) is 45.9 cm³/mol. The molecule has 1 aromatic rings. The van der Waals surface area contributed by atoms with Crippen molar-refractivity contribution in [2.75, 3.05) is 12.3 Å². The Morgan fingerprint density at radius 1 is 1.85 bits per heavy atom. The fourth-order valence-corrected chi connectivity index (χ4v) is 1.79. The number of aromatic nitrogens is 3. The van der Waals surface area contributed by atoms with Crippen molar-refractivity contribution in [2.45, 2.75) is 13.2 Å². The minimum absolute atomic E-state index is 0.0662. The van der Waals surface area contributed by atoms with E-state index in [1.807, 2.05) is 0 Å². The van der Waals surface area contributed by atoms with E-state index < -0.39 is 7.60 Å². The number of nitrogens with zero attached hydrogens (tertiary/aromatic N) is 3. The lowest BCUT2D eigenvalue weighted by atomic mass is 10.9. The molecule has 1 heterocycles. The summed E-state index contributed by atoms with van der Waals surface area (Å²) in [4.78, 5) is 12.8. The number of hydrogen-bond donors (Lipinski definition) is 2. The van der Waals surface area contributed by atoms with Crippen LogP contribution >= 0.6 is 7.60 Å². The highest BCUT2D eigenvalue weighted by Gasteiger charge is 2.19. The van der Waals surface area contributed by atoms with Crippen LogP contribution in [-0.2, 0) is 15.4 Å². The average molecular weight is 206 g/mol. The number of rotatable bonds is 4. The van der Waals surface area contributed by atoms with Gasteiger partial charge in [-0.3, -0.25) is 4.57 Å². The maximum atomic E-state index is 11.2. The van der Waals surface area contributed by atoms with E-state index in [2.05, 4.69) is 14.6 Å². The molecule has 1 unspecified atom stereocenters. The number of anilines is 1. The molecule has 1 rings (SSSR count). The van der Waals surface area contributed by atoms with E-state index in [4.69, 9.17) is 5.73 Å². The quantitative estimate of drug-likeness (QED) is 0.674. The summed E-state index contributed by atoms with van der Waals surface area (Å²) in [5, 5.41) is 3.65. The zero-order chi connectivity index (χ0) is 9.90. The standard InChI is InChI=1S/C5H11N4O3P/c1-2-12-13(10,11)4-9-3-7-5(6)8-9/h3H,2,4H2,1H3,(H2,6,8)(H,10,11). The molecule has 1 aromatic heterocycles. The zero-order valence-corrected chi connectivity index (χ0v) is 8.02. The molecule has 0 fully saturated rings. The monoisotopic (exact) mass is 206 g/mol. The minimum atomic E-state index is -3.60. The summed E-state index contributed by atoms with van der Waals surface area (Å²) in [6.07, 6.45) is 1.04. The van der Waals surface area contributed by atoms with E-state index in [1.54, 1.807) is 6.92 Å². The molecular formula is C5H11N4O3P. The van der Waals surface area contributed by atoms with Crippen molar-refractivity contribution in [3.8, 4) is 0 Å². The third-order valence-corrected chi connectivity index (χ3v) is 2.52. The van der Waals surface area contributed by atoms with Gasteiger partial charge in [0.2, 0.25) is 5.95 Å². The fraction of sp³-hybridized carbons (Fsp3) is 0.600. The van der Waals surface area contributed by atoms with Crippen LogP contribution in [-0.4, -0.2) is 26.3 Å². The Balaban J connectivity index is 2.63. The summed E-state index contributed by atoms with van der Waals surface area (Å²) < 4.78 is 17.0. The Kier molecular flexibility index (Phi) is 3.02. The molecule has 0 amide bonds. The second-order valence-electron chi connectivity index (χ2n) is 2.34. The normalized spacial score (nSPS) is 15.5. The number of nitrogen functional groups attached to an aromatic ring is 1. The lowest BCUT2D eigenvalue weighted by molar-refractivity contribution is 0.265. The van der Waals surface area contributed by atoms with Crippen LogP contribution in [0.4, 0.5) is 5.95 Å². The Labute approximate surface area is 75.1 Å². The van der Waals surface area contributed by atoms with Crippen LogP contribution in [0.2, 0.25) is 0 Å². The van der Waals surface area contributed by atoms with Crippen molar-refractivity contribution in [1.29, 1.82) is 0 Å². The van der Waals surface area contributed by atoms with Crippen LogP contribution in [0.3, 0.4) is 0 Å². The first-order valence-corrected chi connectivity index (χ1v) is 5.41. The van der Waals surface area contributed by atoms with Gasteiger partial charge in [-0.15, -0.1) is 5.10 Å². The average Bonchev–Trinajstić information content (AvgIpc) is 2.34. The lowest BCUT2D eigenvalue weighted by Gasteiger charge is -2.09. The van der Waals surface area contributed by atoms with Crippen molar-refractivity contribution < 1.29 is 14.0 Å². The molecule has 13 heavy (non-hydrogen) atoms. The highest BCUT2D eigenvalue weighted by molar-refractivity contribution is 7.51. The fourth-order valence-electron chi connectivity index (χ4n) is 0.803. The van der Waals surface area contributed by atoms with Crippen LogP contribution < -0.4 is 5.73 Å². The molecule has 8 heteroatoms. The smallest absolute Gasteiger partial charge is 0.349 e. The van der Waals surface area contributed by atoms with E-state index in [0.717, 1.165) is 0 Å². The van der Waals surface area contributed by atoms with E-state index in [-0.39, 0.29) is 18.8 Å². The molecule has 0 saturated carbocycles. The highest BCUT2D eigenvalue weighted by Crippen LogP contribution is 2.43. The van der Waals surface area contributed by atoms with Crippen LogP contribution in [0.1, 0.15) is 6.92 Å². The van der Waals surface area contributed by atoms with Gasteiger partial charge in [0.25, 0.3) is 0 Å². The molecule has 3 N–H and O–H groups in total. The van der Waals surface area contributed by atoms with Gasteiger partial charge in [-0.05, 0) is 6.92 Å². The van der Waals surface area contributed by atoms with Gasteiger partial charge in [0.05, 0.1) is 6.61 Å². The SMILES string of the molecule is CCOP(=O)(O)Cn1cnc(N)n1. The predicted octanol–water partition coefficient (Wildman–Crippen LogP) is 0.0397. The van der Waals surface area contributed by atoms with E-state index in [9.17, 15) is 9.46 Å². The van der Waals surface area contributed by atoms with Crippen LogP contribution in [0, 0.1) is 0 Å². The third kappa shape index (κ3) is 3.14.